The second-order valence-electron chi connectivity index (χ2n) is 5.62. The van der Waals surface area contributed by atoms with Crippen LogP contribution in [0.5, 0.6) is 0 Å². The molecule has 1 atom stereocenters. The number of hydrogen-bond acceptors (Lipinski definition) is 6. The lowest BCUT2D eigenvalue weighted by atomic mass is 10.1. The standard InChI is InChI=1S/C14H20N2O4/c1-14(2,3)20-13(18)11-7-6-10(16(11)4)9(8-15)12(17)19-5/h11H,6-7H2,1-5H3/b10-9-. The number of ether oxygens (including phenoxy) is 2. The summed E-state index contributed by atoms with van der Waals surface area (Å²) in [6, 6.07) is 1.37. The van der Waals surface area contributed by atoms with Crippen LogP contribution in [-0.2, 0) is 19.1 Å². The zero-order chi connectivity index (χ0) is 15.5. The van der Waals surface area contributed by atoms with Gasteiger partial charge in [-0.3, -0.25) is 0 Å². The van der Waals surface area contributed by atoms with E-state index < -0.39 is 17.6 Å². The fraction of sp³-hybridized carbons (Fsp3) is 0.643. The van der Waals surface area contributed by atoms with Crippen molar-refractivity contribution in [2.45, 2.75) is 45.3 Å². The average Bonchev–Trinajstić information content (AvgIpc) is 2.70. The van der Waals surface area contributed by atoms with Gasteiger partial charge < -0.3 is 14.4 Å². The molecule has 0 radical (unpaired) electrons. The molecule has 0 spiro atoms. The maximum absolute atomic E-state index is 12.1. The topological polar surface area (TPSA) is 79.6 Å². The van der Waals surface area contributed by atoms with Gasteiger partial charge in [-0.2, -0.15) is 5.26 Å². The minimum absolute atomic E-state index is 0.0546. The van der Waals surface area contributed by atoms with Crippen LogP contribution >= 0.6 is 0 Å². The number of carbonyl (C=O) groups excluding carboxylic acids is 2. The van der Waals surface area contributed by atoms with Crippen molar-refractivity contribution in [2.24, 2.45) is 0 Å². The first kappa shape index (κ1) is 16.0. The number of nitrogens with zero attached hydrogens (tertiary/aromatic N) is 2. The van der Waals surface area contributed by atoms with E-state index in [0.29, 0.717) is 18.5 Å². The number of likely N-dealkylation sites (N-methyl/N-ethyl adjacent to an activating group) is 1. The second kappa shape index (κ2) is 5.95. The number of methoxy groups -OCH3 is 1. The summed E-state index contributed by atoms with van der Waals surface area (Å²) >= 11 is 0. The minimum atomic E-state index is -0.681. The Hall–Kier alpha value is -2.03. The highest BCUT2D eigenvalue weighted by molar-refractivity contribution is 5.93. The number of nitriles is 1. The Morgan fingerprint density at radius 3 is 2.45 bits per heavy atom. The molecule has 1 unspecified atom stereocenters. The lowest BCUT2D eigenvalue weighted by Gasteiger charge is -2.26. The van der Waals surface area contributed by atoms with Gasteiger partial charge in [-0.05, 0) is 33.6 Å². The highest BCUT2D eigenvalue weighted by Crippen LogP contribution is 2.30. The van der Waals surface area contributed by atoms with Crippen LogP contribution in [0, 0.1) is 11.3 Å². The van der Waals surface area contributed by atoms with Gasteiger partial charge in [-0.15, -0.1) is 0 Å². The van der Waals surface area contributed by atoms with Gasteiger partial charge in [0.25, 0.3) is 0 Å². The van der Waals surface area contributed by atoms with E-state index in [9.17, 15) is 9.59 Å². The smallest absolute Gasteiger partial charge is 0.350 e. The van der Waals surface area contributed by atoms with Gasteiger partial charge in [0.05, 0.1) is 7.11 Å². The van der Waals surface area contributed by atoms with Crippen LogP contribution in [0.15, 0.2) is 11.3 Å². The third kappa shape index (κ3) is 3.50. The van der Waals surface area contributed by atoms with E-state index >= 15 is 0 Å². The normalized spacial score (nSPS) is 21.2. The zero-order valence-electron chi connectivity index (χ0n) is 12.5. The van der Waals surface area contributed by atoms with Crippen molar-refractivity contribution in [1.82, 2.24) is 4.90 Å². The molecule has 0 saturated carbocycles. The van der Waals surface area contributed by atoms with Crippen LogP contribution in [0.25, 0.3) is 0 Å². The molecule has 6 heteroatoms. The van der Waals surface area contributed by atoms with Crippen molar-refractivity contribution < 1.29 is 19.1 Å². The number of likely N-dealkylation sites (tertiary alicyclic amines) is 1. The molecule has 20 heavy (non-hydrogen) atoms. The SMILES string of the molecule is COC(=O)/C(C#N)=C1/CCC(C(=O)OC(C)(C)C)N1C. The van der Waals surface area contributed by atoms with E-state index in [4.69, 9.17) is 10.00 Å². The molecule has 0 bridgehead atoms. The van der Waals surface area contributed by atoms with Crippen molar-refractivity contribution in [3.05, 3.63) is 11.3 Å². The number of rotatable bonds is 2. The third-order valence-electron chi connectivity index (χ3n) is 3.02. The van der Waals surface area contributed by atoms with Crippen molar-refractivity contribution in [3.8, 4) is 6.07 Å². The number of hydrogen-bond donors (Lipinski definition) is 0. The van der Waals surface area contributed by atoms with Gasteiger partial charge >= 0.3 is 11.9 Å². The summed E-state index contributed by atoms with van der Waals surface area (Å²) in [6.45, 7) is 5.39. The molecule has 1 aliphatic rings. The molecule has 0 aliphatic carbocycles. The fourth-order valence-electron chi connectivity index (χ4n) is 2.11. The van der Waals surface area contributed by atoms with Gasteiger partial charge in [0.15, 0.2) is 5.57 Å². The third-order valence-corrected chi connectivity index (χ3v) is 3.02. The van der Waals surface area contributed by atoms with Gasteiger partial charge in [0.1, 0.15) is 17.7 Å². The van der Waals surface area contributed by atoms with Crippen LogP contribution in [0.2, 0.25) is 0 Å². The second-order valence-corrected chi connectivity index (χ2v) is 5.62. The Balaban J connectivity index is 2.95. The Labute approximate surface area is 118 Å². The summed E-state index contributed by atoms with van der Waals surface area (Å²) in [5.41, 5.74) is -0.0959. The highest BCUT2D eigenvalue weighted by Gasteiger charge is 2.36. The molecule has 1 fully saturated rings. The van der Waals surface area contributed by atoms with Crippen LogP contribution < -0.4 is 0 Å². The molecule has 1 aliphatic heterocycles. The molecular formula is C14H20N2O4. The van der Waals surface area contributed by atoms with Gasteiger partial charge in [0.2, 0.25) is 0 Å². The molecule has 0 aromatic heterocycles. The van der Waals surface area contributed by atoms with E-state index in [-0.39, 0.29) is 11.5 Å². The number of allylic oxidation sites excluding steroid dienone is 1. The van der Waals surface area contributed by atoms with E-state index in [2.05, 4.69) is 4.74 Å². The largest absolute Gasteiger partial charge is 0.465 e. The van der Waals surface area contributed by atoms with Crippen molar-refractivity contribution in [2.75, 3.05) is 14.2 Å². The van der Waals surface area contributed by atoms with E-state index in [0.717, 1.165) is 0 Å². The fourth-order valence-corrected chi connectivity index (χ4v) is 2.11. The van der Waals surface area contributed by atoms with Crippen molar-refractivity contribution >= 4 is 11.9 Å². The molecular weight excluding hydrogens is 260 g/mol. The monoisotopic (exact) mass is 280 g/mol. The molecule has 110 valence electrons. The lowest BCUT2D eigenvalue weighted by molar-refractivity contribution is -0.159. The number of carbonyl (C=O) groups is 2. The average molecular weight is 280 g/mol. The maximum Gasteiger partial charge on any atom is 0.350 e. The lowest BCUT2D eigenvalue weighted by Crippen LogP contribution is -2.38. The van der Waals surface area contributed by atoms with E-state index in [1.807, 2.05) is 6.07 Å². The van der Waals surface area contributed by atoms with Crippen molar-refractivity contribution in [3.63, 3.8) is 0 Å². The molecule has 1 heterocycles. The minimum Gasteiger partial charge on any atom is -0.465 e. The zero-order valence-corrected chi connectivity index (χ0v) is 12.5. The Bertz CT molecular complexity index is 482. The van der Waals surface area contributed by atoms with E-state index in [1.54, 1.807) is 32.7 Å². The van der Waals surface area contributed by atoms with Crippen molar-refractivity contribution in [1.29, 1.82) is 5.26 Å². The maximum atomic E-state index is 12.1. The first-order valence-corrected chi connectivity index (χ1v) is 6.38. The summed E-state index contributed by atoms with van der Waals surface area (Å²) in [7, 11) is 2.90. The van der Waals surface area contributed by atoms with Gasteiger partial charge in [-0.1, -0.05) is 0 Å². The van der Waals surface area contributed by atoms with Crippen LogP contribution in [0.4, 0.5) is 0 Å². The molecule has 0 aromatic rings. The van der Waals surface area contributed by atoms with Crippen LogP contribution in [0.1, 0.15) is 33.6 Å². The Kier molecular flexibility index (Phi) is 4.77. The summed E-state index contributed by atoms with van der Waals surface area (Å²) in [6.07, 6.45) is 0.987. The highest BCUT2D eigenvalue weighted by atomic mass is 16.6. The van der Waals surface area contributed by atoms with Crippen LogP contribution in [-0.4, -0.2) is 42.6 Å². The predicted molar refractivity (Wildman–Crippen MR) is 71.3 cm³/mol. The van der Waals surface area contributed by atoms with Crippen LogP contribution in [0.3, 0.4) is 0 Å². The van der Waals surface area contributed by atoms with E-state index in [1.165, 1.54) is 7.11 Å². The molecule has 0 aromatic carbocycles. The van der Waals surface area contributed by atoms with Gasteiger partial charge in [-0.25, -0.2) is 9.59 Å². The summed E-state index contributed by atoms with van der Waals surface area (Å²) in [5, 5.41) is 9.07. The Morgan fingerprint density at radius 2 is 2.00 bits per heavy atom. The molecule has 0 N–H and O–H groups in total. The number of esters is 2. The quantitative estimate of drug-likeness (QED) is 0.432. The first-order chi connectivity index (χ1) is 9.21. The first-order valence-electron chi connectivity index (χ1n) is 6.38. The summed E-state index contributed by atoms with van der Waals surface area (Å²) in [4.78, 5) is 25.2. The summed E-state index contributed by atoms with van der Waals surface area (Å²) in [5.74, 6) is -1.03. The molecule has 1 saturated heterocycles. The molecule has 6 nitrogen and oxygen atoms in total. The molecule has 1 rings (SSSR count). The summed E-state index contributed by atoms with van der Waals surface area (Å²) < 4.78 is 9.92. The van der Waals surface area contributed by atoms with Gasteiger partial charge in [0, 0.05) is 12.7 Å². The predicted octanol–water partition coefficient (Wildman–Crippen LogP) is 1.37. The Morgan fingerprint density at radius 1 is 1.40 bits per heavy atom. The molecule has 0 amide bonds.